The first-order valence-electron chi connectivity index (χ1n) is 13.3. The van der Waals surface area contributed by atoms with Crippen LogP contribution in [0.25, 0.3) is 16.6 Å². The predicted octanol–water partition coefficient (Wildman–Crippen LogP) is 2.86. The second-order valence-corrected chi connectivity index (χ2v) is 10.7. The summed E-state index contributed by atoms with van der Waals surface area (Å²) in [6.07, 6.45) is 7.10. The van der Waals surface area contributed by atoms with E-state index < -0.39 is 0 Å². The van der Waals surface area contributed by atoms with E-state index in [1.807, 2.05) is 23.8 Å². The highest BCUT2D eigenvalue weighted by atomic mass is 16.6. The number of rotatable bonds is 7. The molecule has 2 saturated heterocycles. The van der Waals surface area contributed by atoms with Crippen LogP contribution in [0.2, 0.25) is 0 Å². The summed E-state index contributed by atoms with van der Waals surface area (Å²) < 4.78 is 18.8. The molecule has 2 aliphatic heterocycles. The molecule has 10 heteroatoms. The number of aromatic nitrogens is 4. The van der Waals surface area contributed by atoms with Gasteiger partial charge < -0.3 is 29.5 Å². The molecule has 3 aliphatic rings. The molecule has 198 valence electrons. The van der Waals surface area contributed by atoms with E-state index in [2.05, 4.69) is 33.4 Å². The number of nitrogens with one attached hydrogen (secondary N) is 1. The second kappa shape index (κ2) is 10.2. The minimum atomic E-state index is -0.204. The number of morpholine rings is 1. The topological polar surface area (TPSA) is 106 Å². The highest BCUT2D eigenvalue weighted by Gasteiger charge is 2.44. The van der Waals surface area contributed by atoms with Crippen LogP contribution in [0.4, 0.5) is 11.8 Å². The molecule has 2 N–H and O–H groups in total. The van der Waals surface area contributed by atoms with Crippen molar-refractivity contribution >= 4 is 17.3 Å². The number of methoxy groups -OCH3 is 1. The SMILES string of the molecule is COC[C@H](C)Nc1ncc2c(-c3ccnc(N4CCOC5(COC5)C4)c3)cc([C@H]3CC[C@H](O)CC3)n2n1. The summed E-state index contributed by atoms with van der Waals surface area (Å²) in [7, 11) is 1.69. The lowest BCUT2D eigenvalue weighted by molar-refractivity contribution is -0.211. The molecule has 1 aliphatic carbocycles. The molecule has 5 heterocycles. The zero-order valence-corrected chi connectivity index (χ0v) is 21.6. The minimum Gasteiger partial charge on any atom is -0.393 e. The van der Waals surface area contributed by atoms with Gasteiger partial charge in [0.2, 0.25) is 5.95 Å². The van der Waals surface area contributed by atoms with Crippen molar-refractivity contribution in [1.29, 1.82) is 0 Å². The van der Waals surface area contributed by atoms with Crippen LogP contribution in [0.3, 0.4) is 0 Å². The number of nitrogens with zero attached hydrogens (tertiary/aromatic N) is 5. The summed E-state index contributed by atoms with van der Waals surface area (Å²) in [5.41, 5.74) is 4.11. The van der Waals surface area contributed by atoms with Crippen LogP contribution in [0.1, 0.15) is 44.2 Å². The zero-order valence-electron chi connectivity index (χ0n) is 21.6. The Hall–Kier alpha value is -2.79. The van der Waals surface area contributed by atoms with Crippen molar-refractivity contribution < 1.29 is 19.3 Å². The van der Waals surface area contributed by atoms with Gasteiger partial charge in [0.05, 0.1) is 50.8 Å². The fourth-order valence-corrected chi connectivity index (χ4v) is 5.79. The van der Waals surface area contributed by atoms with E-state index in [1.54, 1.807) is 7.11 Å². The number of anilines is 2. The Balaban J connectivity index is 1.36. The zero-order chi connectivity index (χ0) is 25.4. The molecule has 6 rings (SSSR count). The fourth-order valence-electron chi connectivity index (χ4n) is 5.79. The quantitative estimate of drug-likeness (QED) is 0.498. The molecule has 10 nitrogen and oxygen atoms in total. The summed E-state index contributed by atoms with van der Waals surface area (Å²) in [6, 6.07) is 6.57. The van der Waals surface area contributed by atoms with Gasteiger partial charge in [-0.25, -0.2) is 14.5 Å². The summed E-state index contributed by atoms with van der Waals surface area (Å²) in [4.78, 5) is 11.6. The van der Waals surface area contributed by atoms with Gasteiger partial charge in [-0.05, 0) is 56.4 Å². The van der Waals surface area contributed by atoms with Crippen molar-refractivity contribution in [2.45, 2.75) is 56.3 Å². The molecule has 0 amide bonds. The molecular formula is C27H36N6O4. The van der Waals surface area contributed by atoms with Crippen LogP contribution in [0.5, 0.6) is 0 Å². The van der Waals surface area contributed by atoms with Gasteiger partial charge in [-0.3, -0.25) is 0 Å². The summed E-state index contributed by atoms with van der Waals surface area (Å²) in [5, 5.41) is 18.3. The number of hydrogen-bond acceptors (Lipinski definition) is 9. The van der Waals surface area contributed by atoms with Gasteiger partial charge in [-0.1, -0.05) is 0 Å². The van der Waals surface area contributed by atoms with Crippen LogP contribution in [0.15, 0.2) is 30.6 Å². The molecule has 3 aromatic rings. The van der Waals surface area contributed by atoms with Crippen LogP contribution >= 0.6 is 0 Å². The van der Waals surface area contributed by atoms with E-state index in [1.165, 1.54) is 0 Å². The first-order valence-corrected chi connectivity index (χ1v) is 13.3. The van der Waals surface area contributed by atoms with E-state index in [-0.39, 0.29) is 17.7 Å². The Bertz CT molecular complexity index is 1240. The first-order chi connectivity index (χ1) is 18.0. The normalized spacial score (nSPS) is 24.2. The van der Waals surface area contributed by atoms with Crippen molar-refractivity contribution in [2.75, 3.05) is 56.8 Å². The third kappa shape index (κ3) is 4.90. The van der Waals surface area contributed by atoms with Gasteiger partial charge in [-0.15, -0.1) is 5.10 Å². The van der Waals surface area contributed by atoms with E-state index in [9.17, 15) is 5.11 Å². The first kappa shape index (κ1) is 24.5. The summed E-state index contributed by atoms with van der Waals surface area (Å²) >= 11 is 0. The van der Waals surface area contributed by atoms with Crippen LogP contribution < -0.4 is 10.2 Å². The lowest BCUT2D eigenvalue weighted by Crippen LogP contribution is -2.63. The third-order valence-corrected chi connectivity index (χ3v) is 7.81. The summed E-state index contributed by atoms with van der Waals surface area (Å²) in [6.45, 7) is 6.17. The van der Waals surface area contributed by atoms with Gasteiger partial charge in [-0.2, -0.15) is 0 Å². The van der Waals surface area contributed by atoms with Crippen LogP contribution in [-0.4, -0.2) is 89.1 Å². The molecule has 1 saturated carbocycles. The monoisotopic (exact) mass is 508 g/mol. The largest absolute Gasteiger partial charge is 0.393 e. The molecule has 0 unspecified atom stereocenters. The number of aliphatic hydroxyl groups is 1. The van der Waals surface area contributed by atoms with E-state index in [0.29, 0.717) is 38.3 Å². The van der Waals surface area contributed by atoms with E-state index >= 15 is 0 Å². The average molecular weight is 509 g/mol. The number of hydrogen-bond donors (Lipinski definition) is 2. The molecule has 1 atom stereocenters. The number of aliphatic hydroxyl groups excluding tert-OH is 1. The standard InChI is InChI=1S/C27H36N6O4/c1-18(14-35-2)30-26-29-13-24-22(12-23(33(24)31-26)19-3-5-21(34)6-4-19)20-7-8-28-25(11-20)32-9-10-37-27(15-32)16-36-17-27/h7-8,11-13,18-19,21,34H,3-6,9-10,14-17H2,1-2H3,(H,30,31)/t18-,19-,21-/m0/s1. The fraction of sp³-hybridized carbons (Fsp3) is 0.593. The van der Waals surface area contributed by atoms with Crippen molar-refractivity contribution in [1.82, 2.24) is 19.6 Å². The van der Waals surface area contributed by atoms with Crippen molar-refractivity contribution in [3.63, 3.8) is 0 Å². The van der Waals surface area contributed by atoms with Gasteiger partial charge in [0.25, 0.3) is 0 Å². The third-order valence-electron chi connectivity index (χ3n) is 7.81. The highest BCUT2D eigenvalue weighted by molar-refractivity contribution is 5.82. The van der Waals surface area contributed by atoms with E-state index in [4.69, 9.17) is 24.3 Å². The highest BCUT2D eigenvalue weighted by Crippen LogP contribution is 2.38. The maximum absolute atomic E-state index is 10.1. The number of fused-ring (bicyclic) bond motifs is 1. The second-order valence-electron chi connectivity index (χ2n) is 10.7. The Kier molecular flexibility index (Phi) is 6.74. The molecule has 0 bridgehead atoms. The predicted molar refractivity (Wildman–Crippen MR) is 140 cm³/mol. The molecule has 3 aromatic heterocycles. The Morgan fingerprint density at radius 3 is 2.81 bits per heavy atom. The van der Waals surface area contributed by atoms with Crippen molar-refractivity contribution in [3.8, 4) is 11.1 Å². The maximum Gasteiger partial charge on any atom is 0.241 e. The van der Waals surface area contributed by atoms with Crippen LogP contribution in [-0.2, 0) is 14.2 Å². The minimum absolute atomic E-state index is 0.0893. The molecular weight excluding hydrogens is 472 g/mol. The number of pyridine rings is 1. The Morgan fingerprint density at radius 1 is 1.22 bits per heavy atom. The van der Waals surface area contributed by atoms with Crippen molar-refractivity contribution in [2.24, 2.45) is 0 Å². The maximum atomic E-state index is 10.1. The molecule has 0 radical (unpaired) electrons. The molecule has 3 fully saturated rings. The van der Waals surface area contributed by atoms with Gasteiger partial charge in [0, 0.05) is 43.1 Å². The Morgan fingerprint density at radius 2 is 2.05 bits per heavy atom. The smallest absolute Gasteiger partial charge is 0.241 e. The lowest BCUT2D eigenvalue weighted by Gasteiger charge is -2.48. The molecule has 0 aromatic carbocycles. The van der Waals surface area contributed by atoms with Gasteiger partial charge >= 0.3 is 0 Å². The van der Waals surface area contributed by atoms with E-state index in [0.717, 1.165) is 66.9 Å². The van der Waals surface area contributed by atoms with Gasteiger partial charge in [0.1, 0.15) is 11.4 Å². The van der Waals surface area contributed by atoms with Crippen molar-refractivity contribution in [3.05, 3.63) is 36.3 Å². The average Bonchev–Trinajstić information content (AvgIpc) is 3.27. The lowest BCUT2D eigenvalue weighted by atomic mass is 9.85. The molecule has 1 spiro atoms. The number of ether oxygens (including phenoxy) is 3. The Labute approximate surface area is 217 Å². The molecule has 37 heavy (non-hydrogen) atoms. The summed E-state index contributed by atoms with van der Waals surface area (Å²) in [5.74, 6) is 1.86. The van der Waals surface area contributed by atoms with Crippen LogP contribution in [0, 0.1) is 0 Å². The van der Waals surface area contributed by atoms with Gasteiger partial charge in [0.15, 0.2) is 0 Å².